The Morgan fingerprint density at radius 2 is 2.12 bits per heavy atom. The van der Waals surface area contributed by atoms with Gasteiger partial charge in [-0.15, -0.1) is 11.3 Å². The molecule has 0 radical (unpaired) electrons. The first-order valence-corrected chi connectivity index (χ1v) is 8.78. The topological polar surface area (TPSA) is 46.9 Å². The molecule has 2 heterocycles. The van der Waals surface area contributed by atoms with Crippen LogP contribution >= 0.6 is 11.3 Å². The number of fused-ring (bicyclic) bond motifs is 1. The predicted octanol–water partition coefficient (Wildman–Crippen LogP) is 4.22. The van der Waals surface area contributed by atoms with Crippen molar-refractivity contribution in [3.05, 3.63) is 41.0 Å². The third kappa shape index (κ3) is 3.19. The lowest BCUT2D eigenvalue weighted by molar-refractivity contribution is 0.0956. The molecule has 0 bridgehead atoms. The smallest absolute Gasteiger partial charge is 0.261 e. The van der Waals surface area contributed by atoms with Crippen LogP contribution in [0.25, 0.3) is 21.5 Å². The molecule has 3 rings (SSSR count). The zero-order valence-electron chi connectivity index (χ0n) is 14.0. The molecule has 0 unspecified atom stereocenters. The van der Waals surface area contributed by atoms with Gasteiger partial charge < -0.3 is 5.32 Å². The molecule has 1 amide bonds. The molecule has 1 aromatic carbocycles. The van der Waals surface area contributed by atoms with Crippen LogP contribution in [0.2, 0.25) is 0 Å². The number of aryl methyl sites for hydroxylation is 1. The minimum absolute atomic E-state index is 0.0867. The Labute approximate surface area is 144 Å². The predicted molar refractivity (Wildman–Crippen MR) is 95.8 cm³/mol. The van der Waals surface area contributed by atoms with Crippen molar-refractivity contribution in [1.82, 2.24) is 15.1 Å². The number of halogens is 1. The molecule has 3 aromatic rings. The summed E-state index contributed by atoms with van der Waals surface area (Å²) in [7, 11) is 1.81. The van der Waals surface area contributed by atoms with Gasteiger partial charge in [0.15, 0.2) is 0 Å². The molecule has 0 fully saturated rings. The molecule has 0 spiro atoms. The minimum atomic E-state index is -0.313. The van der Waals surface area contributed by atoms with E-state index in [1.807, 2.05) is 7.05 Å². The largest absolute Gasteiger partial charge is 0.351 e. The molecule has 126 valence electrons. The van der Waals surface area contributed by atoms with Crippen LogP contribution in [0.5, 0.6) is 0 Å². The van der Waals surface area contributed by atoms with Crippen molar-refractivity contribution >= 4 is 27.5 Å². The van der Waals surface area contributed by atoms with Crippen LogP contribution in [0.1, 0.15) is 29.9 Å². The molecule has 0 aliphatic heterocycles. The number of nitrogens with one attached hydrogen (secondary N) is 1. The van der Waals surface area contributed by atoms with Crippen molar-refractivity contribution in [2.45, 2.75) is 20.3 Å². The lowest BCUT2D eigenvalue weighted by Crippen LogP contribution is -2.24. The van der Waals surface area contributed by atoms with Gasteiger partial charge in [-0.1, -0.05) is 26.0 Å². The number of carbonyl (C=O) groups excluding carboxylic acids is 1. The third-order valence-electron chi connectivity index (χ3n) is 3.87. The number of aromatic nitrogens is 2. The fourth-order valence-corrected chi connectivity index (χ4v) is 3.55. The van der Waals surface area contributed by atoms with Crippen LogP contribution < -0.4 is 5.32 Å². The van der Waals surface area contributed by atoms with Gasteiger partial charge in [0.2, 0.25) is 0 Å². The Balaban J connectivity index is 1.93. The SMILES string of the molecule is CC(C)CCNC(=O)c1cc2c(-c3ccccc3F)nn(C)c2s1. The molecule has 0 aliphatic rings. The van der Waals surface area contributed by atoms with Gasteiger partial charge in [-0.2, -0.15) is 5.10 Å². The van der Waals surface area contributed by atoms with Crippen LogP contribution in [0.15, 0.2) is 30.3 Å². The Kier molecular flexibility index (Phi) is 4.66. The van der Waals surface area contributed by atoms with Crippen molar-refractivity contribution in [2.24, 2.45) is 13.0 Å². The van der Waals surface area contributed by atoms with E-state index in [1.165, 1.54) is 17.4 Å². The number of carbonyl (C=O) groups is 1. The molecule has 6 heteroatoms. The van der Waals surface area contributed by atoms with Crippen molar-refractivity contribution in [2.75, 3.05) is 6.54 Å². The van der Waals surface area contributed by atoms with Crippen molar-refractivity contribution in [3.8, 4) is 11.3 Å². The molecular formula is C18H20FN3OS. The summed E-state index contributed by atoms with van der Waals surface area (Å²) in [5.74, 6) is 0.146. The quantitative estimate of drug-likeness (QED) is 0.753. The van der Waals surface area contributed by atoms with E-state index in [9.17, 15) is 9.18 Å². The fourth-order valence-electron chi connectivity index (χ4n) is 2.57. The van der Waals surface area contributed by atoms with E-state index in [0.717, 1.165) is 16.6 Å². The zero-order chi connectivity index (χ0) is 17.3. The van der Waals surface area contributed by atoms with Gasteiger partial charge in [0.1, 0.15) is 16.3 Å². The number of thiophene rings is 1. The van der Waals surface area contributed by atoms with Crippen molar-refractivity contribution in [1.29, 1.82) is 0 Å². The van der Waals surface area contributed by atoms with E-state index >= 15 is 0 Å². The summed E-state index contributed by atoms with van der Waals surface area (Å²) in [6.07, 6.45) is 0.943. The Morgan fingerprint density at radius 1 is 1.38 bits per heavy atom. The summed E-state index contributed by atoms with van der Waals surface area (Å²) >= 11 is 1.38. The second-order valence-corrected chi connectivity index (χ2v) is 7.25. The summed E-state index contributed by atoms with van der Waals surface area (Å²) in [5.41, 5.74) is 1.02. The average molecular weight is 345 g/mol. The molecule has 24 heavy (non-hydrogen) atoms. The molecule has 2 aromatic heterocycles. The van der Waals surface area contributed by atoms with Gasteiger partial charge in [0, 0.05) is 24.5 Å². The third-order valence-corrected chi connectivity index (χ3v) is 5.07. The molecular weight excluding hydrogens is 325 g/mol. The van der Waals surface area contributed by atoms with Crippen LogP contribution in [-0.4, -0.2) is 22.2 Å². The van der Waals surface area contributed by atoms with Crippen LogP contribution in [0.3, 0.4) is 0 Å². The van der Waals surface area contributed by atoms with E-state index in [2.05, 4.69) is 24.3 Å². The zero-order valence-corrected chi connectivity index (χ0v) is 14.8. The number of rotatable bonds is 5. The van der Waals surface area contributed by atoms with Gasteiger partial charge in [-0.3, -0.25) is 9.48 Å². The average Bonchev–Trinajstić information content (AvgIpc) is 3.09. The molecule has 0 saturated carbocycles. The number of amides is 1. The maximum atomic E-state index is 14.1. The van der Waals surface area contributed by atoms with Gasteiger partial charge >= 0.3 is 0 Å². The van der Waals surface area contributed by atoms with Gasteiger partial charge in [-0.05, 0) is 30.5 Å². The lowest BCUT2D eigenvalue weighted by Gasteiger charge is -2.05. The number of benzene rings is 1. The first-order valence-electron chi connectivity index (χ1n) is 7.97. The highest BCUT2D eigenvalue weighted by Crippen LogP contribution is 2.34. The van der Waals surface area contributed by atoms with Crippen LogP contribution in [0.4, 0.5) is 4.39 Å². The number of hydrogen-bond acceptors (Lipinski definition) is 3. The minimum Gasteiger partial charge on any atom is -0.351 e. The molecule has 0 atom stereocenters. The first kappa shape index (κ1) is 16.6. The van der Waals surface area contributed by atoms with E-state index in [0.29, 0.717) is 28.6 Å². The van der Waals surface area contributed by atoms with Gasteiger partial charge in [0.25, 0.3) is 5.91 Å². The highest BCUT2D eigenvalue weighted by Gasteiger charge is 2.19. The second-order valence-electron chi connectivity index (χ2n) is 6.22. The summed E-state index contributed by atoms with van der Waals surface area (Å²) in [6, 6.07) is 8.36. The normalized spacial score (nSPS) is 11.4. The fraction of sp³-hybridized carbons (Fsp3) is 0.333. The van der Waals surface area contributed by atoms with Crippen LogP contribution in [-0.2, 0) is 7.05 Å². The maximum absolute atomic E-state index is 14.1. The highest BCUT2D eigenvalue weighted by molar-refractivity contribution is 7.20. The standard InChI is InChI=1S/C18H20FN3OS/c1-11(2)8-9-20-17(23)15-10-13-16(21-22(3)18(13)24-15)12-6-4-5-7-14(12)19/h4-7,10-11H,8-9H2,1-3H3,(H,20,23). The summed E-state index contributed by atoms with van der Waals surface area (Å²) < 4.78 is 15.8. The molecule has 0 aliphatic carbocycles. The molecule has 1 N–H and O–H groups in total. The first-order chi connectivity index (χ1) is 11.5. The van der Waals surface area contributed by atoms with E-state index in [1.54, 1.807) is 28.9 Å². The van der Waals surface area contributed by atoms with E-state index in [-0.39, 0.29) is 11.7 Å². The highest BCUT2D eigenvalue weighted by atomic mass is 32.1. The van der Waals surface area contributed by atoms with E-state index < -0.39 is 0 Å². The van der Waals surface area contributed by atoms with E-state index in [4.69, 9.17) is 0 Å². The van der Waals surface area contributed by atoms with Crippen molar-refractivity contribution < 1.29 is 9.18 Å². The van der Waals surface area contributed by atoms with Gasteiger partial charge in [-0.25, -0.2) is 4.39 Å². The Bertz CT molecular complexity index is 882. The molecule has 4 nitrogen and oxygen atoms in total. The van der Waals surface area contributed by atoms with Crippen LogP contribution in [0, 0.1) is 11.7 Å². The summed E-state index contributed by atoms with van der Waals surface area (Å²) in [5, 5.41) is 8.17. The number of hydrogen-bond donors (Lipinski definition) is 1. The Morgan fingerprint density at radius 3 is 2.83 bits per heavy atom. The van der Waals surface area contributed by atoms with Crippen molar-refractivity contribution in [3.63, 3.8) is 0 Å². The Hall–Kier alpha value is -2.21. The lowest BCUT2D eigenvalue weighted by atomic mass is 10.1. The summed E-state index contributed by atoms with van der Waals surface area (Å²) in [4.78, 5) is 13.8. The number of nitrogens with zero attached hydrogens (tertiary/aromatic N) is 2. The second kappa shape index (κ2) is 6.73. The van der Waals surface area contributed by atoms with Gasteiger partial charge in [0.05, 0.1) is 4.88 Å². The maximum Gasteiger partial charge on any atom is 0.261 e. The molecule has 0 saturated heterocycles. The summed E-state index contributed by atoms with van der Waals surface area (Å²) in [6.45, 7) is 4.90. The monoisotopic (exact) mass is 345 g/mol.